The molecule has 0 saturated carbocycles. The maximum Gasteiger partial charge on any atom is 0.248 e. The normalized spacial score (nSPS) is 18.2. The molecule has 1 aromatic heterocycles. The van der Waals surface area contributed by atoms with E-state index >= 15 is 0 Å². The Hall–Kier alpha value is -1.24. The molecule has 1 aliphatic heterocycles. The Kier molecular flexibility index (Phi) is 5.00. The van der Waals surface area contributed by atoms with Crippen molar-refractivity contribution >= 4 is 15.9 Å². The van der Waals surface area contributed by atoms with Gasteiger partial charge in [-0.2, -0.15) is 0 Å². The van der Waals surface area contributed by atoms with Gasteiger partial charge in [-0.25, -0.2) is 0 Å². The number of rotatable bonds is 6. The van der Waals surface area contributed by atoms with Crippen LogP contribution in [-0.4, -0.2) is 29.5 Å². The van der Waals surface area contributed by atoms with Gasteiger partial charge < -0.3 is 14.5 Å². The average Bonchev–Trinajstić information content (AvgIpc) is 3.16. The Morgan fingerprint density at radius 1 is 1.29 bits per heavy atom. The quantitative estimate of drug-likeness (QED) is 0.810. The topological polar surface area (TPSA) is 60.2 Å². The second kappa shape index (κ2) is 7.15. The van der Waals surface area contributed by atoms with Crippen molar-refractivity contribution in [3.8, 4) is 11.5 Å². The molecule has 1 unspecified atom stereocenters. The minimum Gasteiger partial charge on any atom is -0.419 e. The van der Waals surface area contributed by atoms with Gasteiger partial charge >= 0.3 is 0 Å². The van der Waals surface area contributed by atoms with Crippen molar-refractivity contribution in [2.24, 2.45) is 0 Å². The van der Waals surface area contributed by atoms with Crippen LogP contribution < -0.4 is 5.32 Å². The molecule has 0 radical (unpaired) electrons. The molecule has 3 rings (SSSR count). The van der Waals surface area contributed by atoms with Gasteiger partial charge in [0, 0.05) is 11.1 Å². The van der Waals surface area contributed by atoms with Gasteiger partial charge in [0.2, 0.25) is 11.8 Å². The molecule has 1 fully saturated rings. The van der Waals surface area contributed by atoms with E-state index in [2.05, 4.69) is 31.4 Å². The van der Waals surface area contributed by atoms with E-state index in [0.717, 1.165) is 29.6 Å². The zero-order chi connectivity index (χ0) is 14.5. The minimum absolute atomic E-state index is 0.413. The monoisotopic (exact) mass is 351 g/mol. The lowest BCUT2D eigenvalue weighted by molar-refractivity contribution is 0.104. The number of nitrogens with one attached hydrogen (secondary N) is 1. The van der Waals surface area contributed by atoms with Gasteiger partial charge in [-0.3, -0.25) is 0 Å². The lowest BCUT2D eigenvalue weighted by atomic mass is 10.2. The zero-order valence-electron chi connectivity index (χ0n) is 11.7. The fraction of sp³-hybridized carbons (Fsp3) is 0.467. The number of ether oxygens (including phenoxy) is 1. The fourth-order valence-electron chi connectivity index (χ4n) is 2.40. The van der Waals surface area contributed by atoms with Crippen molar-refractivity contribution in [1.29, 1.82) is 0 Å². The van der Waals surface area contributed by atoms with Gasteiger partial charge in [-0.1, -0.05) is 12.1 Å². The Morgan fingerprint density at radius 3 is 3.00 bits per heavy atom. The van der Waals surface area contributed by atoms with Crippen LogP contribution in [0.1, 0.15) is 25.2 Å². The highest BCUT2D eigenvalue weighted by atomic mass is 79.9. The molecule has 1 N–H and O–H groups in total. The van der Waals surface area contributed by atoms with Gasteiger partial charge in [-0.05, 0) is 53.9 Å². The number of hydrogen-bond acceptors (Lipinski definition) is 5. The second-order valence-electron chi connectivity index (χ2n) is 5.08. The molecular formula is C15H18BrN3O2. The van der Waals surface area contributed by atoms with E-state index < -0.39 is 0 Å². The maximum atomic E-state index is 5.68. The van der Waals surface area contributed by atoms with Crippen molar-refractivity contribution < 1.29 is 9.15 Å². The molecule has 21 heavy (non-hydrogen) atoms. The van der Waals surface area contributed by atoms with Crippen molar-refractivity contribution in [2.75, 3.05) is 13.2 Å². The van der Waals surface area contributed by atoms with E-state index in [-0.39, 0.29) is 0 Å². The molecule has 6 heteroatoms. The summed E-state index contributed by atoms with van der Waals surface area (Å²) >= 11 is 3.49. The van der Waals surface area contributed by atoms with Gasteiger partial charge in [0.25, 0.3) is 0 Å². The summed E-state index contributed by atoms with van der Waals surface area (Å²) < 4.78 is 12.2. The third-order valence-electron chi connectivity index (χ3n) is 3.51. The zero-order valence-corrected chi connectivity index (χ0v) is 13.3. The van der Waals surface area contributed by atoms with E-state index in [4.69, 9.17) is 9.15 Å². The van der Waals surface area contributed by atoms with Gasteiger partial charge in [0.15, 0.2) is 0 Å². The first kappa shape index (κ1) is 14.7. The molecule has 1 saturated heterocycles. The Balaban J connectivity index is 1.50. The third-order valence-corrected chi connectivity index (χ3v) is 4.21. The molecule has 2 aromatic rings. The summed E-state index contributed by atoms with van der Waals surface area (Å²) in [4.78, 5) is 0. The standard InChI is InChI=1S/C15H18BrN3O2/c16-13-6-2-1-5-12(13)15-19-18-14(21-15)10-17-8-7-11-4-3-9-20-11/h1-2,5-6,11,17H,3-4,7-10H2. The maximum absolute atomic E-state index is 5.68. The van der Waals surface area contributed by atoms with Crippen LogP contribution in [-0.2, 0) is 11.3 Å². The van der Waals surface area contributed by atoms with Crippen LogP contribution in [0.3, 0.4) is 0 Å². The predicted octanol–water partition coefficient (Wildman–Crippen LogP) is 3.16. The molecule has 0 bridgehead atoms. The number of nitrogens with zero attached hydrogens (tertiary/aromatic N) is 2. The van der Waals surface area contributed by atoms with Crippen molar-refractivity contribution in [2.45, 2.75) is 31.9 Å². The molecule has 0 amide bonds. The molecule has 1 aliphatic rings. The minimum atomic E-state index is 0.413. The molecule has 1 atom stereocenters. The van der Waals surface area contributed by atoms with Crippen LogP contribution in [0.5, 0.6) is 0 Å². The number of benzene rings is 1. The van der Waals surface area contributed by atoms with E-state index in [9.17, 15) is 0 Å². The molecular weight excluding hydrogens is 334 g/mol. The van der Waals surface area contributed by atoms with Gasteiger partial charge in [0.05, 0.1) is 18.2 Å². The summed E-state index contributed by atoms with van der Waals surface area (Å²) in [6.07, 6.45) is 3.81. The molecule has 112 valence electrons. The molecule has 1 aromatic carbocycles. The summed E-state index contributed by atoms with van der Waals surface area (Å²) in [7, 11) is 0. The highest BCUT2D eigenvalue weighted by Gasteiger charge is 2.15. The SMILES string of the molecule is Brc1ccccc1-c1nnc(CNCCC2CCCO2)o1. The van der Waals surface area contributed by atoms with E-state index in [1.807, 2.05) is 24.3 Å². The number of halogens is 1. The smallest absolute Gasteiger partial charge is 0.248 e. The fourth-order valence-corrected chi connectivity index (χ4v) is 2.85. The second-order valence-corrected chi connectivity index (χ2v) is 5.94. The van der Waals surface area contributed by atoms with Gasteiger partial charge in [-0.15, -0.1) is 10.2 Å². The van der Waals surface area contributed by atoms with Gasteiger partial charge in [0.1, 0.15) is 0 Å². The van der Waals surface area contributed by atoms with Crippen LogP contribution in [0.2, 0.25) is 0 Å². The Labute approximate surface area is 132 Å². The van der Waals surface area contributed by atoms with Crippen LogP contribution in [0.15, 0.2) is 33.2 Å². The van der Waals surface area contributed by atoms with Crippen LogP contribution in [0, 0.1) is 0 Å². The third kappa shape index (κ3) is 3.90. The lowest BCUT2D eigenvalue weighted by Crippen LogP contribution is -2.20. The first-order valence-electron chi connectivity index (χ1n) is 7.22. The Morgan fingerprint density at radius 2 is 2.19 bits per heavy atom. The molecule has 0 aliphatic carbocycles. The summed E-state index contributed by atoms with van der Waals surface area (Å²) in [5.41, 5.74) is 0.913. The highest BCUT2D eigenvalue weighted by Crippen LogP contribution is 2.26. The lowest BCUT2D eigenvalue weighted by Gasteiger charge is -2.08. The van der Waals surface area contributed by atoms with E-state index in [1.54, 1.807) is 0 Å². The molecule has 2 heterocycles. The van der Waals surface area contributed by atoms with Crippen LogP contribution >= 0.6 is 15.9 Å². The first-order valence-corrected chi connectivity index (χ1v) is 8.02. The van der Waals surface area contributed by atoms with Crippen LogP contribution in [0.4, 0.5) is 0 Å². The summed E-state index contributed by atoms with van der Waals surface area (Å²) in [5.74, 6) is 1.14. The summed E-state index contributed by atoms with van der Waals surface area (Å²) in [6, 6.07) is 7.81. The Bertz CT molecular complexity index is 582. The summed E-state index contributed by atoms with van der Waals surface area (Å²) in [6.45, 7) is 2.39. The van der Waals surface area contributed by atoms with Crippen molar-refractivity contribution in [3.05, 3.63) is 34.6 Å². The van der Waals surface area contributed by atoms with Crippen LogP contribution in [0.25, 0.3) is 11.5 Å². The predicted molar refractivity (Wildman–Crippen MR) is 82.7 cm³/mol. The van der Waals surface area contributed by atoms with Crippen molar-refractivity contribution in [1.82, 2.24) is 15.5 Å². The average molecular weight is 352 g/mol. The van der Waals surface area contributed by atoms with Crippen molar-refractivity contribution in [3.63, 3.8) is 0 Å². The van der Waals surface area contributed by atoms with E-state index in [1.165, 1.54) is 12.8 Å². The highest BCUT2D eigenvalue weighted by molar-refractivity contribution is 9.10. The van der Waals surface area contributed by atoms with E-state index in [0.29, 0.717) is 24.4 Å². The molecule has 0 spiro atoms. The molecule has 5 nitrogen and oxygen atoms in total. The number of hydrogen-bond donors (Lipinski definition) is 1. The largest absolute Gasteiger partial charge is 0.419 e. The first-order chi connectivity index (χ1) is 10.3. The number of aromatic nitrogens is 2. The summed E-state index contributed by atoms with van der Waals surface area (Å²) in [5, 5.41) is 11.5.